The van der Waals surface area contributed by atoms with E-state index in [-0.39, 0.29) is 11.3 Å². The van der Waals surface area contributed by atoms with Gasteiger partial charge in [0, 0.05) is 0 Å². The highest BCUT2D eigenvalue weighted by Gasteiger charge is 2.47. The Labute approximate surface area is 108 Å². The Balaban J connectivity index is 2.33. The lowest BCUT2D eigenvalue weighted by Crippen LogP contribution is -2.53. The molecule has 1 saturated heterocycles. The van der Waals surface area contributed by atoms with Gasteiger partial charge in [0.2, 0.25) is 0 Å². The molecular formula is C11H11ClO6. The van der Waals surface area contributed by atoms with Crippen molar-refractivity contribution in [3.63, 3.8) is 0 Å². The van der Waals surface area contributed by atoms with Gasteiger partial charge >= 0.3 is 11.9 Å². The number of aliphatic hydroxyl groups excluding tert-OH is 1. The van der Waals surface area contributed by atoms with E-state index in [1.807, 2.05) is 0 Å². The number of halogens is 1. The third kappa shape index (κ3) is 1.97. The first-order valence-corrected chi connectivity index (χ1v) is 5.58. The van der Waals surface area contributed by atoms with E-state index in [0.29, 0.717) is 0 Å². The highest BCUT2D eigenvalue weighted by Crippen LogP contribution is 2.32. The van der Waals surface area contributed by atoms with E-state index in [4.69, 9.17) is 21.1 Å². The number of aliphatic hydroxyl groups is 1. The maximum absolute atomic E-state index is 11.5. The van der Waals surface area contributed by atoms with Crippen molar-refractivity contribution in [2.24, 2.45) is 0 Å². The largest absolute Gasteiger partial charge is 0.475 e. The van der Waals surface area contributed by atoms with Crippen LogP contribution in [0.2, 0.25) is 0 Å². The lowest BCUT2D eigenvalue weighted by Gasteiger charge is -2.38. The summed E-state index contributed by atoms with van der Waals surface area (Å²) in [5.74, 6) is -1.61. The van der Waals surface area contributed by atoms with Gasteiger partial charge < -0.3 is 19.3 Å². The fraction of sp³-hybridized carbons (Fsp3) is 0.455. The van der Waals surface area contributed by atoms with E-state index in [1.54, 1.807) is 0 Å². The number of carbonyl (C=O) groups is 2. The SMILES string of the molecule is C=C1O[C@H]2C=C(C(=O)OC)[C@@H](Cl)[C@H](O)[C@@H]2OC1=O. The molecule has 7 heteroatoms. The zero-order chi connectivity index (χ0) is 13.4. The van der Waals surface area contributed by atoms with Crippen molar-refractivity contribution >= 4 is 23.5 Å². The topological polar surface area (TPSA) is 82.1 Å². The predicted molar refractivity (Wildman–Crippen MR) is 59.6 cm³/mol. The number of fused-ring (bicyclic) bond motifs is 1. The van der Waals surface area contributed by atoms with Gasteiger partial charge in [0.05, 0.1) is 18.1 Å². The Morgan fingerprint density at radius 2 is 2.22 bits per heavy atom. The molecule has 0 spiro atoms. The number of alkyl halides is 1. The molecular weight excluding hydrogens is 264 g/mol. The highest BCUT2D eigenvalue weighted by molar-refractivity contribution is 6.26. The molecule has 4 atom stereocenters. The van der Waals surface area contributed by atoms with Crippen LogP contribution in [0.5, 0.6) is 0 Å². The molecule has 0 aromatic rings. The molecule has 98 valence electrons. The summed E-state index contributed by atoms with van der Waals surface area (Å²) in [4.78, 5) is 22.7. The van der Waals surface area contributed by atoms with Crippen LogP contribution >= 0.6 is 11.6 Å². The van der Waals surface area contributed by atoms with E-state index in [2.05, 4.69) is 11.3 Å². The van der Waals surface area contributed by atoms with Gasteiger partial charge in [-0.3, -0.25) is 0 Å². The molecule has 6 nitrogen and oxygen atoms in total. The van der Waals surface area contributed by atoms with Crippen LogP contribution in [0.15, 0.2) is 24.0 Å². The fourth-order valence-corrected chi connectivity index (χ4v) is 2.15. The fourth-order valence-electron chi connectivity index (χ4n) is 1.85. The molecule has 0 aromatic carbocycles. The minimum absolute atomic E-state index is 0.0682. The number of ether oxygens (including phenoxy) is 3. The smallest absolute Gasteiger partial charge is 0.373 e. The average Bonchev–Trinajstić information content (AvgIpc) is 2.35. The molecule has 2 aliphatic rings. The minimum atomic E-state index is -1.26. The molecule has 1 aliphatic carbocycles. The molecule has 1 fully saturated rings. The zero-order valence-electron chi connectivity index (χ0n) is 9.46. The molecule has 1 heterocycles. The number of rotatable bonds is 1. The zero-order valence-corrected chi connectivity index (χ0v) is 10.2. The second kappa shape index (κ2) is 4.62. The molecule has 1 N–H and O–H groups in total. The number of hydrogen-bond acceptors (Lipinski definition) is 6. The van der Waals surface area contributed by atoms with Crippen molar-refractivity contribution < 1.29 is 28.9 Å². The summed E-state index contributed by atoms with van der Waals surface area (Å²) < 4.78 is 14.7. The second-order valence-corrected chi connectivity index (χ2v) is 4.35. The van der Waals surface area contributed by atoms with Crippen molar-refractivity contribution in [2.75, 3.05) is 7.11 Å². The first-order valence-electron chi connectivity index (χ1n) is 5.14. The number of carbonyl (C=O) groups excluding carboxylic acids is 2. The van der Waals surface area contributed by atoms with Gasteiger partial charge in [0.25, 0.3) is 0 Å². The molecule has 0 amide bonds. The van der Waals surface area contributed by atoms with Crippen LogP contribution in [0.3, 0.4) is 0 Å². The molecule has 0 saturated carbocycles. The summed E-state index contributed by atoms with van der Waals surface area (Å²) in [7, 11) is 1.20. The quantitative estimate of drug-likeness (QED) is 0.408. The Bertz CT molecular complexity index is 443. The Kier molecular flexibility index (Phi) is 3.32. The Morgan fingerprint density at radius 3 is 2.83 bits per heavy atom. The Morgan fingerprint density at radius 1 is 1.56 bits per heavy atom. The molecule has 0 radical (unpaired) electrons. The van der Waals surface area contributed by atoms with Crippen molar-refractivity contribution in [3.05, 3.63) is 24.0 Å². The van der Waals surface area contributed by atoms with E-state index in [9.17, 15) is 14.7 Å². The van der Waals surface area contributed by atoms with Crippen molar-refractivity contribution in [3.8, 4) is 0 Å². The number of esters is 2. The third-order valence-electron chi connectivity index (χ3n) is 2.77. The number of hydrogen-bond donors (Lipinski definition) is 1. The molecule has 0 aromatic heterocycles. The maximum atomic E-state index is 11.5. The van der Waals surface area contributed by atoms with Gasteiger partial charge in [0.1, 0.15) is 6.10 Å². The summed E-state index contributed by atoms with van der Waals surface area (Å²) in [6, 6.07) is 0. The lowest BCUT2D eigenvalue weighted by atomic mass is 9.91. The second-order valence-electron chi connectivity index (χ2n) is 3.88. The van der Waals surface area contributed by atoms with Gasteiger partial charge in [0.15, 0.2) is 18.0 Å². The summed E-state index contributed by atoms with van der Waals surface area (Å²) in [5.41, 5.74) is 0.0682. The van der Waals surface area contributed by atoms with Gasteiger partial charge in [-0.05, 0) is 12.7 Å². The van der Waals surface area contributed by atoms with Gasteiger partial charge in [-0.15, -0.1) is 11.6 Å². The number of methoxy groups -OCH3 is 1. The third-order valence-corrected chi connectivity index (χ3v) is 3.26. The van der Waals surface area contributed by atoms with Gasteiger partial charge in [-0.1, -0.05) is 0 Å². The van der Waals surface area contributed by atoms with Crippen LogP contribution < -0.4 is 0 Å². The highest BCUT2D eigenvalue weighted by atomic mass is 35.5. The van der Waals surface area contributed by atoms with Crippen LogP contribution in [0.1, 0.15) is 0 Å². The van der Waals surface area contributed by atoms with E-state index in [1.165, 1.54) is 13.2 Å². The summed E-state index contributed by atoms with van der Waals surface area (Å²) in [6.07, 6.45) is -1.64. The van der Waals surface area contributed by atoms with Crippen LogP contribution in [-0.4, -0.2) is 47.8 Å². The molecule has 0 unspecified atom stereocenters. The predicted octanol–water partition coefficient (Wildman–Crippen LogP) is -0.108. The molecule has 1 aliphatic heterocycles. The normalized spacial score (nSPS) is 34.9. The van der Waals surface area contributed by atoms with Crippen LogP contribution in [-0.2, 0) is 23.8 Å². The first kappa shape index (κ1) is 12.9. The Hall–Kier alpha value is -1.53. The monoisotopic (exact) mass is 274 g/mol. The minimum Gasteiger partial charge on any atom is -0.475 e. The van der Waals surface area contributed by atoms with Gasteiger partial charge in [-0.25, -0.2) is 9.59 Å². The van der Waals surface area contributed by atoms with Crippen molar-refractivity contribution in [1.82, 2.24) is 0 Å². The molecule has 18 heavy (non-hydrogen) atoms. The van der Waals surface area contributed by atoms with E-state index < -0.39 is 35.6 Å². The van der Waals surface area contributed by atoms with Crippen molar-refractivity contribution in [2.45, 2.75) is 23.7 Å². The van der Waals surface area contributed by atoms with E-state index in [0.717, 1.165) is 0 Å². The average molecular weight is 275 g/mol. The summed E-state index contributed by atoms with van der Waals surface area (Å²) >= 11 is 5.92. The lowest BCUT2D eigenvalue weighted by molar-refractivity contribution is -0.178. The van der Waals surface area contributed by atoms with Crippen LogP contribution in [0, 0.1) is 0 Å². The maximum Gasteiger partial charge on any atom is 0.373 e. The molecule has 2 rings (SSSR count). The van der Waals surface area contributed by atoms with Crippen LogP contribution in [0.25, 0.3) is 0 Å². The van der Waals surface area contributed by atoms with Crippen molar-refractivity contribution in [1.29, 1.82) is 0 Å². The van der Waals surface area contributed by atoms with Crippen LogP contribution in [0.4, 0.5) is 0 Å². The summed E-state index contributed by atoms with van der Waals surface area (Å²) in [6.45, 7) is 3.36. The standard InChI is InChI=1S/C11H11ClO6/c1-4-10(14)18-9-6(17-4)3-5(11(15)16-2)7(12)8(9)13/h3,6-9,13H,1H2,2H3/t6-,7+,8-,9+/m0/s1. The first-order chi connectivity index (χ1) is 8.45. The van der Waals surface area contributed by atoms with Gasteiger partial charge in [-0.2, -0.15) is 0 Å². The van der Waals surface area contributed by atoms with E-state index >= 15 is 0 Å². The summed E-state index contributed by atoms with van der Waals surface area (Å²) in [5, 5.41) is 8.90. The molecule has 0 bridgehead atoms.